The molecule has 5 heteroatoms. The van der Waals surface area contributed by atoms with Gasteiger partial charge in [-0.2, -0.15) is 0 Å². The van der Waals surface area contributed by atoms with Gasteiger partial charge in [-0.3, -0.25) is 9.59 Å². The lowest BCUT2D eigenvalue weighted by Crippen LogP contribution is -2.34. The molecule has 0 spiro atoms. The number of thioether (sulfide) groups is 1. The monoisotopic (exact) mass is 323 g/mol. The van der Waals surface area contributed by atoms with Crippen LogP contribution >= 0.6 is 11.8 Å². The first kappa shape index (κ1) is 18.6. The van der Waals surface area contributed by atoms with Crippen molar-refractivity contribution in [1.29, 1.82) is 0 Å². The number of carboxylic acid groups (broad SMARTS) is 1. The number of carboxylic acids is 1. The summed E-state index contributed by atoms with van der Waals surface area (Å²) in [4.78, 5) is 22.9. The molecule has 1 atom stereocenters. The second-order valence-electron chi connectivity index (χ2n) is 5.95. The molecule has 0 fully saturated rings. The highest BCUT2D eigenvalue weighted by Crippen LogP contribution is 2.14. The first-order valence-electron chi connectivity index (χ1n) is 7.51. The maximum absolute atomic E-state index is 11.8. The number of carbonyl (C=O) groups excluding carboxylic acids is 1. The molecule has 0 saturated heterocycles. The van der Waals surface area contributed by atoms with Crippen LogP contribution in [0.3, 0.4) is 0 Å². The molecule has 0 aliphatic rings. The fraction of sp³-hybridized carbons (Fsp3) is 0.529. The summed E-state index contributed by atoms with van der Waals surface area (Å²) in [7, 11) is 0. The SMILES string of the molecule is Cc1cccc(CSCC(=O)NCC(CC(C)C)C(=O)O)c1. The number of hydrogen-bond donors (Lipinski definition) is 2. The molecule has 0 aromatic heterocycles. The van der Waals surface area contributed by atoms with Gasteiger partial charge >= 0.3 is 5.97 Å². The lowest BCUT2D eigenvalue weighted by molar-refractivity contribution is -0.142. The summed E-state index contributed by atoms with van der Waals surface area (Å²) < 4.78 is 0. The smallest absolute Gasteiger partial charge is 0.308 e. The van der Waals surface area contributed by atoms with Crippen molar-refractivity contribution in [2.75, 3.05) is 12.3 Å². The van der Waals surface area contributed by atoms with Gasteiger partial charge in [0.2, 0.25) is 5.91 Å². The van der Waals surface area contributed by atoms with E-state index >= 15 is 0 Å². The van der Waals surface area contributed by atoms with Crippen molar-refractivity contribution in [2.45, 2.75) is 32.9 Å². The zero-order valence-electron chi connectivity index (χ0n) is 13.5. The normalized spacial score (nSPS) is 12.2. The molecule has 0 aliphatic heterocycles. The van der Waals surface area contributed by atoms with Crippen molar-refractivity contribution >= 4 is 23.6 Å². The first-order valence-corrected chi connectivity index (χ1v) is 8.66. The zero-order valence-corrected chi connectivity index (χ0v) is 14.3. The Balaban J connectivity index is 2.29. The van der Waals surface area contributed by atoms with Crippen LogP contribution in [0.25, 0.3) is 0 Å². The van der Waals surface area contributed by atoms with Crippen LogP contribution in [0.5, 0.6) is 0 Å². The Hall–Kier alpha value is -1.49. The van der Waals surface area contributed by atoms with Crippen LogP contribution in [0.4, 0.5) is 0 Å². The van der Waals surface area contributed by atoms with Crippen LogP contribution in [-0.2, 0) is 15.3 Å². The van der Waals surface area contributed by atoms with Crippen molar-refractivity contribution in [3.05, 3.63) is 35.4 Å². The molecule has 1 rings (SSSR count). The van der Waals surface area contributed by atoms with Crippen molar-refractivity contribution < 1.29 is 14.7 Å². The molecular formula is C17H25NO3S. The zero-order chi connectivity index (χ0) is 16.5. The van der Waals surface area contributed by atoms with E-state index in [-0.39, 0.29) is 12.5 Å². The van der Waals surface area contributed by atoms with E-state index in [0.717, 1.165) is 5.75 Å². The third-order valence-electron chi connectivity index (χ3n) is 3.24. The molecule has 1 aromatic carbocycles. The Morgan fingerprint density at radius 1 is 1.32 bits per heavy atom. The van der Waals surface area contributed by atoms with Gasteiger partial charge in [0.1, 0.15) is 0 Å². The number of aryl methyl sites for hydroxylation is 1. The molecule has 0 radical (unpaired) electrons. The van der Waals surface area contributed by atoms with Gasteiger partial charge < -0.3 is 10.4 Å². The average molecular weight is 323 g/mol. The Morgan fingerprint density at radius 2 is 2.05 bits per heavy atom. The van der Waals surface area contributed by atoms with Crippen molar-refractivity contribution in [3.63, 3.8) is 0 Å². The molecule has 0 saturated carbocycles. The lowest BCUT2D eigenvalue weighted by Gasteiger charge is -2.15. The molecule has 22 heavy (non-hydrogen) atoms. The highest BCUT2D eigenvalue weighted by Gasteiger charge is 2.19. The topological polar surface area (TPSA) is 66.4 Å². The van der Waals surface area contributed by atoms with Crippen LogP contribution in [0.15, 0.2) is 24.3 Å². The molecule has 4 nitrogen and oxygen atoms in total. The maximum Gasteiger partial charge on any atom is 0.308 e. The van der Waals surface area contributed by atoms with Crippen molar-refractivity contribution in [2.24, 2.45) is 11.8 Å². The quantitative estimate of drug-likeness (QED) is 0.733. The molecule has 0 bridgehead atoms. The van der Waals surface area contributed by atoms with E-state index in [1.807, 2.05) is 39.0 Å². The van der Waals surface area contributed by atoms with Gasteiger partial charge in [0, 0.05) is 12.3 Å². The Labute approximate surface area is 136 Å². The minimum Gasteiger partial charge on any atom is -0.481 e. The highest BCUT2D eigenvalue weighted by atomic mass is 32.2. The summed E-state index contributed by atoms with van der Waals surface area (Å²) in [5.74, 6) is -0.0284. The number of rotatable bonds is 9. The molecule has 122 valence electrons. The van der Waals surface area contributed by atoms with Gasteiger partial charge in [-0.25, -0.2) is 0 Å². The molecule has 2 N–H and O–H groups in total. The van der Waals surface area contributed by atoms with E-state index < -0.39 is 11.9 Å². The third kappa shape index (κ3) is 7.50. The molecule has 1 amide bonds. The van der Waals surface area contributed by atoms with Gasteiger partial charge in [-0.1, -0.05) is 43.7 Å². The summed E-state index contributed by atoms with van der Waals surface area (Å²) in [6.45, 7) is 6.21. The number of amides is 1. The third-order valence-corrected chi connectivity index (χ3v) is 4.24. The minimum atomic E-state index is -0.846. The number of aliphatic carboxylic acids is 1. The van der Waals surface area contributed by atoms with Crippen LogP contribution < -0.4 is 5.32 Å². The fourth-order valence-electron chi connectivity index (χ4n) is 2.19. The number of carbonyl (C=O) groups is 2. The van der Waals surface area contributed by atoms with Gasteiger partial charge in [0.25, 0.3) is 0 Å². The Bertz CT molecular complexity index is 502. The second kappa shape index (κ2) is 9.51. The maximum atomic E-state index is 11.8. The number of benzene rings is 1. The van der Waals surface area contributed by atoms with Crippen LogP contribution in [-0.4, -0.2) is 29.3 Å². The molecule has 1 unspecified atom stereocenters. The fourth-order valence-corrected chi connectivity index (χ4v) is 3.00. The minimum absolute atomic E-state index is 0.104. The summed E-state index contributed by atoms with van der Waals surface area (Å²) in [6.07, 6.45) is 0.575. The van der Waals surface area contributed by atoms with Gasteiger partial charge in [-0.05, 0) is 24.8 Å². The first-order chi connectivity index (χ1) is 10.4. The molecule has 0 heterocycles. The second-order valence-corrected chi connectivity index (χ2v) is 6.94. The Kier molecular flexibility index (Phi) is 8.02. The molecule has 0 aliphatic carbocycles. The van der Waals surface area contributed by atoms with E-state index in [4.69, 9.17) is 5.11 Å². The van der Waals surface area contributed by atoms with E-state index in [2.05, 4.69) is 11.4 Å². The Morgan fingerprint density at radius 3 is 2.64 bits per heavy atom. The predicted molar refractivity (Wildman–Crippen MR) is 90.9 cm³/mol. The van der Waals surface area contributed by atoms with Crippen LogP contribution in [0, 0.1) is 18.8 Å². The van der Waals surface area contributed by atoms with E-state index in [0.29, 0.717) is 18.1 Å². The molecular weight excluding hydrogens is 298 g/mol. The standard InChI is InChI=1S/C17H25NO3S/c1-12(2)7-15(17(20)21)9-18-16(19)11-22-10-14-6-4-5-13(3)8-14/h4-6,8,12,15H,7,9-11H2,1-3H3,(H,18,19)(H,20,21). The van der Waals surface area contributed by atoms with Gasteiger partial charge in [0.15, 0.2) is 0 Å². The van der Waals surface area contributed by atoms with E-state index in [1.54, 1.807) is 0 Å². The summed E-state index contributed by atoms with van der Waals surface area (Å²) in [5.41, 5.74) is 2.40. The summed E-state index contributed by atoms with van der Waals surface area (Å²) >= 11 is 1.54. The van der Waals surface area contributed by atoms with Crippen LogP contribution in [0.1, 0.15) is 31.4 Å². The average Bonchev–Trinajstić information content (AvgIpc) is 2.43. The molecule has 1 aromatic rings. The lowest BCUT2D eigenvalue weighted by atomic mass is 9.97. The summed E-state index contributed by atoms with van der Waals surface area (Å²) in [5, 5.41) is 11.9. The largest absolute Gasteiger partial charge is 0.481 e. The highest BCUT2D eigenvalue weighted by molar-refractivity contribution is 7.99. The van der Waals surface area contributed by atoms with Crippen molar-refractivity contribution in [1.82, 2.24) is 5.32 Å². The van der Waals surface area contributed by atoms with E-state index in [9.17, 15) is 9.59 Å². The predicted octanol–water partition coefficient (Wildman–Crippen LogP) is 3.09. The van der Waals surface area contributed by atoms with E-state index in [1.165, 1.54) is 22.9 Å². The van der Waals surface area contributed by atoms with Crippen LogP contribution in [0.2, 0.25) is 0 Å². The van der Waals surface area contributed by atoms with Crippen molar-refractivity contribution in [3.8, 4) is 0 Å². The van der Waals surface area contributed by atoms with Gasteiger partial charge in [0.05, 0.1) is 11.7 Å². The summed E-state index contributed by atoms with van der Waals surface area (Å²) in [6, 6.07) is 8.20. The number of nitrogens with one attached hydrogen (secondary N) is 1. The van der Waals surface area contributed by atoms with Gasteiger partial charge in [-0.15, -0.1) is 11.8 Å². The number of hydrogen-bond acceptors (Lipinski definition) is 3.